The van der Waals surface area contributed by atoms with Gasteiger partial charge in [0, 0.05) is 10.3 Å². The summed E-state index contributed by atoms with van der Waals surface area (Å²) in [4.78, 5) is 25.6. The number of thiophene rings is 1. The summed E-state index contributed by atoms with van der Waals surface area (Å²) in [6.07, 6.45) is 0. The normalized spacial score (nSPS) is 12.2. The van der Waals surface area contributed by atoms with Crippen molar-refractivity contribution in [3.8, 4) is 11.8 Å². The number of nitrogens with one attached hydrogen (secondary N) is 2. The van der Waals surface area contributed by atoms with Gasteiger partial charge >= 0.3 is 6.61 Å². The van der Waals surface area contributed by atoms with E-state index in [1.165, 1.54) is 35.6 Å². The van der Waals surface area contributed by atoms with Crippen molar-refractivity contribution < 1.29 is 31.5 Å². The molecular weight excluding hydrogens is 488 g/mol. The molecule has 3 rings (SSSR count). The van der Waals surface area contributed by atoms with Crippen LogP contribution in [0.25, 0.3) is 10.1 Å². The quantitative estimate of drug-likeness (QED) is 0.407. The number of alkyl halides is 2. The summed E-state index contributed by atoms with van der Waals surface area (Å²) in [7, 11) is -4.09. The van der Waals surface area contributed by atoms with Gasteiger partial charge < -0.3 is 15.4 Å². The number of carbonyl (C=O) groups excluding carboxylic acids is 2. The SMILES string of the molecule is N#CCNC(=O)[C@H](CS(=O)(=O)Cc1ccccc1OC(F)F)NC(=O)c1cc2ccccc2s1. The van der Waals surface area contributed by atoms with Crippen LogP contribution in [0.15, 0.2) is 54.6 Å². The van der Waals surface area contributed by atoms with E-state index in [1.807, 2.05) is 12.1 Å². The standard InChI is InChI=1S/C22H19F2N3O5S2/c23-22(24)32-17-7-3-1-6-15(17)12-34(30,31)13-16(20(28)26-10-9-25)27-21(29)19-11-14-5-2-4-8-18(14)33-19/h1-8,11,16,22H,10,12-13H2,(H,26,28)(H,27,29)/t16-/m0/s1. The van der Waals surface area contributed by atoms with Crippen molar-refractivity contribution in [2.75, 3.05) is 12.3 Å². The van der Waals surface area contributed by atoms with Crippen molar-refractivity contribution in [1.82, 2.24) is 10.6 Å². The molecule has 2 N–H and O–H groups in total. The van der Waals surface area contributed by atoms with Crippen LogP contribution in [0.5, 0.6) is 5.75 Å². The van der Waals surface area contributed by atoms with Crippen molar-refractivity contribution in [1.29, 1.82) is 5.26 Å². The molecule has 0 spiro atoms. The molecule has 1 atom stereocenters. The zero-order chi connectivity index (χ0) is 24.7. The fraction of sp³-hybridized carbons (Fsp3) is 0.227. The van der Waals surface area contributed by atoms with E-state index in [0.29, 0.717) is 0 Å². The summed E-state index contributed by atoms with van der Waals surface area (Å²) in [6.45, 7) is -3.53. The van der Waals surface area contributed by atoms with Gasteiger partial charge in [-0.25, -0.2) is 8.42 Å². The predicted octanol–water partition coefficient (Wildman–Crippen LogP) is 2.86. The molecule has 2 aromatic carbocycles. The molecule has 0 saturated carbocycles. The van der Waals surface area contributed by atoms with Crippen LogP contribution in [0.4, 0.5) is 8.78 Å². The fourth-order valence-corrected chi connectivity index (χ4v) is 5.68. The lowest BCUT2D eigenvalue weighted by Gasteiger charge is -2.18. The number of ether oxygens (including phenoxy) is 1. The highest BCUT2D eigenvalue weighted by molar-refractivity contribution is 7.90. The van der Waals surface area contributed by atoms with Crippen molar-refractivity contribution in [3.05, 3.63) is 65.0 Å². The zero-order valence-corrected chi connectivity index (χ0v) is 19.2. The first-order valence-corrected chi connectivity index (χ1v) is 12.5. The van der Waals surface area contributed by atoms with E-state index in [-0.39, 0.29) is 22.7 Å². The van der Waals surface area contributed by atoms with Crippen LogP contribution >= 0.6 is 11.3 Å². The van der Waals surface area contributed by atoms with Crippen LogP contribution in [0, 0.1) is 11.3 Å². The van der Waals surface area contributed by atoms with E-state index in [2.05, 4.69) is 15.4 Å². The third-order valence-corrected chi connectivity index (χ3v) is 7.30. The van der Waals surface area contributed by atoms with E-state index in [1.54, 1.807) is 24.3 Å². The van der Waals surface area contributed by atoms with Crippen LogP contribution in [0.2, 0.25) is 0 Å². The molecule has 2 amide bonds. The van der Waals surface area contributed by atoms with E-state index >= 15 is 0 Å². The van der Waals surface area contributed by atoms with Crippen molar-refractivity contribution >= 4 is 43.1 Å². The monoisotopic (exact) mass is 507 g/mol. The Hall–Kier alpha value is -3.56. The number of hydrogen-bond acceptors (Lipinski definition) is 7. The predicted molar refractivity (Wildman–Crippen MR) is 122 cm³/mol. The number of para-hydroxylation sites is 1. The van der Waals surface area contributed by atoms with Crippen molar-refractivity contribution in [3.63, 3.8) is 0 Å². The fourth-order valence-electron chi connectivity index (χ4n) is 3.14. The third-order valence-electron chi connectivity index (χ3n) is 4.60. The summed E-state index contributed by atoms with van der Waals surface area (Å²) >= 11 is 1.17. The minimum atomic E-state index is -4.09. The molecule has 34 heavy (non-hydrogen) atoms. The number of nitrogens with zero attached hydrogens (tertiary/aromatic N) is 1. The average molecular weight is 508 g/mol. The minimum absolute atomic E-state index is 0.0187. The summed E-state index contributed by atoms with van der Waals surface area (Å²) < 4.78 is 56.2. The van der Waals surface area contributed by atoms with E-state index in [0.717, 1.165) is 10.1 Å². The Labute approximate surface area is 198 Å². The highest BCUT2D eigenvalue weighted by atomic mass is 32.2. The molecule has 12 heteroatoms. The van der Waals surface area contributed by atoms with Gasteiger partial charge in [0.15, 0.2) is 9.84 Å². The smallest absolute Gasteiger partial charge is 0.387 e. The lowest BCUT2D eigenvalue weighted by molar-refractivity contribution is -0.122. The van der Waals surface area contributed by atoms with Gasteiger partial charge in [0.1, 0.15) is 18.3 Å². The largest absolute Gasteiger partial charge is 0.435 e. The second-order valence-corrected chi connectivity index (χ2v) is 10.3. The molecule has 1 heterocycles. The Kier molecular flexibility index (Phi) is 8.14. The zero-order valence-electron chi connectivity index (χ0n) is 17.5. The van der Waals surface area contributed by atoms with Gasteiger partial charge in [-0.2, -0.15) is 14.0 Å². The van der Waals surface area contributed by atoms with Gasteiger partial charge in [-0.1, -0.05) is 36.4 Å². The molecule has 0 fully saturated rings. The van der Waals surface area contributed by atoms with Gasteiger partial charge in [0.2, 0.25) is 5.91 Å². The van der Waals surface area contributed by atoms with Crippen LogP contribution in [-0.4, -0.2) is 45.2 Å². The molecule has 0 radical (unpaired) electrons. The van der Waals surface area contributed by atoms with Crippen LogP contribution in [-0.2, 0) is 20.4 Å². The maximum Gasteiger partial charge on any atom is 0.387 e. The van der Waals surface area contributed by atoms with E-state index in [9.17, 15) is 26.8 Å². The summed E-state index contributed by atoms with van der Waals surface area (Å²) in [6, 6.07) is 14.4. The van der Waals surface area contributed by atoms with Gasteiger partial charge in [-0.15, -0.1) is 11.3 Å². The molecule has 1 aromatic heterocycles. The molecule has 0 aliphatic rings. The van der Waals surface area contributed by atoms with E-state index < -0.39 is 45.8 Å². The minimum Gasteiger partial charge on any atom is -0.435 e. The summed E-state index contributed by atoms with van der Waals surface area (Å²) in [5, 5.41) is 14.2. The Morgan fingerprint density at radius 3 is 2.53 bits per heavy atom. The lowest BCUT2D eigenvalue weighted by atomic mass is 10.2. The summed E-state index contributed by atoms with van der Waals surface area (Å²) in [5.41, 5.74) is -0.0187. The number of nitriles is 1. The van der Waals surface area contributed by atoms with Crippen LogP contribution in [0.1, 0.15) is 15.2 Å². The van der Waals surface area contributed by atoms with Crippen LogP contribution in [0.3, 0.4) is 0 Å². The molecule has 0 unspecified atom stereocenters. The van der Waals surface area contributed by atoms with Crippen molar-refractivity contribution in [2.24, 2.45) is 0 Å². The molecular formula is C22H19F2N3O5S2. The Bertz CT molecular complexity index is 1300. The van der Waals surface area contributed by atoms with Gasteiger partial charge in [-0.05, 0) is 23.6 Å². The van der Waals surface area contributed by atoms with Gasteiger partial charge in [0.25, 0.3) is 5.91 Å². The topological polar surface area (TPSA) is 125 Å². The second-order valence-electron chi connectivity index (χ2n) is 7.09. The Morgan fingerprint density at radius 2 is 1.82 bits per heavy atom. The lowest BCUT2D eigenvalue weighted by Crippen LogP contribution is -2.50. The first-order chi connectivity index (χ1) is 16.2. The first kappa shape index (κ1) is 25.1. The highest BCUT2D eigenvalue weighted by Crippen LogP contribution is 2.26. The molecule has 0 aliphatic heterocycles. The summed E-state index contributed by atoms with van der Waals surface area (Å²) in [5.74, 6) is -3.34. The number of sulfone groups is 1. The number of rotatable bonds is 10. The maximum atomic E-state index is 12.8. The molecule has 0 aliphatic carbocycles. The number of amides is 2. The maximum absolute atomic E-state index is 12.8. The third kappa shape index (κ3) is 6.72. The molecule has 3 aromatic rings. The highest BCUT2D eigenvalue weighted by Gasteiger charge is 2.29. The number of hydrogen-bond donors (Lipinski definition) is 2. The first-order valence-electron chi connectivity index (χ1n) is 9.86. The molecule has 0 saturated heterocycles. The van der Waals surface area contributed by atoms with Crippen LogP contribution < -0.4 is 15.4 Å². The second kappa shape index (κ2) is 11.0. The van der Waals surface area contributed by atoms with Gasteiger partial charge in [-0.3, -0.25) is 9.59 Å². The number of benzene rings is 2. The molecule has 178 valence electrons. The number of halogens is 2. The Morgan fingerprint density at radius 1 is 1.12 bits per heavy atom. The molecule has 0 bridgehead atoms. The van der Waals surface area contributed by atoms with E-state index in [4.69, 9.17) is 5.26 Å². The van der Waals surface area contributed by atoms with Crippen molar-refractivity contribution in [2.45, 2.75) is 18.4 Å². The number of carbonyl (C=O) groups is 2. The average Bonchev–Trinajstić information content (AvgIpc) is 3.22. The number of fused-ring (bicyclic) bond motifs is 1. The van der Waals surface area contributed by atoms with Gasteiger partial charge in [0.05, 0.1) is 22.5 Å². The Balaban J connectivity index is 1.80. The molecule has 8 nitrogen and oxygen atoms in total.